The Hall–Kier alpha value is -3.06. The molecule has 0 fully saturated rings. The highest BCUT2D eigenvalue weighted by Crippen LogP contribution is 2.33. The summed E-state index contributed by atoms with van der Waals surface area (Å²) in [5.74, 6) is -0.450. The summed E-state index contributed by atoms with van der Waals surface area (Å²) in [7, 11) is 2.16. The molecule has 0 N–H and O–H groups in total. The van der Waals surface area contributed by atoms with Gasteiger partial charge in [0.2, 0.25) is 6.23 Å². The SMILES string of the molecule is CCCCCCCCCCCCCCCC(=O)OCC(COC(=O)CCCCCCCCCCCCCCC)OC(=O)CCCCCCCCCCC(C)(C)CC(=O)O[C@H](C)[N+]1(C)CCC=C(c2nsnc2OCCCCCC)C1. The molecule has 2 rings (SSSR count). The van der Waals surface area contributed by atoms with Crippen molar-refractivity contribution in [3.05, 3.63) is 11.8 Å². The van der Waals surface area contributed by atoms with E-state index in [2.05, 4.69) is 56.5 Å². The third-order valence-corrected chi connectivity index (χ3v) is 17.0. The predicted octanol–water partition coefficient (Wildman–Crippen LogP) is 18.9. The van der Waals surface area contributed by atoms with Gasteiger partial charge in [0.1, 0.15) is 25.5 Å². The highest BCUT2D eigenvalue weighted by atomic mass is 32.1. The fraction of sp³-hybridized carbons (Fsp3) is 0.881. The molecular formula is C67H122N3O9S+. The summed E-state index contributed by atoms with van der Waals surface area (Å²) in [6.45, 7) is 15.1. The average Bonchev–Trinajstić information content (AvgIpc) is 3.91. The summed E-state index contributed by atoms with van der Waals surface area (Å²) in [6, 6.07) is 0. The quantitative estimate of drug-likeness (QED) is 0.0266. The minimum absolute atomic E-state index is 0.100. The highest BCUT2D eigenvalue weighted by molar-refractivity contribution is 6.99. The normalized spacial score (nSPS) is 15.0. The van der Waals surface area contributed by atoms with Crippen LogP contribution in [0, 0.1) is 5.41 Å². The first-order valence-corrected chi connectivity index (χ1v) is 34.2. The molecule has 1 aliphatic heterocycles. The molecule has 0 bridgehead atoms. The van der Waals surface area contributed by atoms with Crippen LogP contribution >= 0.6 is 11.7 Å². The van der Waals surface area contributed by atoms with Gasteiger partial charge in [0.05, 0.1) is 38.3 Å². The number of rotatable bonds is 55. The van der Waals surface area contributed by atoms with Crippen LogP contribution in [0.3, 0.4) is 0 Å². The minimum Gasteiger partial charge on any atom is -0.475 e. The molecule has 12 nitrogen and oxygen atoms in total. The van der Waals surface area contributed by atoms with E-state index in [0.717, 1.165) is 133 Å². The Labute approximate surface area is 494 Å². The zero-order chi connectivity index (χ0) is 58.2. The molecule has 1 aliphatic rings. The molecule has 1 aromatic heterocycles. The lowest BCUT2D eigenvalue weighted by molar-refractivity contribution is -0.944. The van der Waals surface area contributed by atoms with Crippen LogP contribution in [0.4, 0.5) is 0 Å². The van der Waals surface area contributed by atoms with Gasteiger partial charge < -0.3 is 23.7 Å². The van der Waals surface area contributed by atoms with Crippen molar-refractivity contribution in [1.82, 2.24) is 8.75 Å². The van der Waals surface area contributed by atoms with Crippen molar-refractivity contribution < 1.29 is 47.3 Å². The molecule has 1 unspecified atom stereocenters. The topological polar surface area (TPSA) is 140 Å². The maximum absolute atomic E-state index is 13.3. The fourth-order valence-electron chi connectivity index (χ4n) is 10.9. The van der Waals surface area contributed by atoms with Gasteiger partial charge in [-0.25, -0.2) is 0 Å². The first-order valence-electron chi connectivity index (χ1n) is 33.5. The molecular weight excluding hydrogens is 1020 g/mol. The molecule has 2 atom stereocenters. The lowest BCUT2D eigenvalue weighted by Crippen LogP contribution is -2.55. The van der Waals surface area contributed by atoms with Crippen LogP contribution in [0.15, 0.2) is 6.08 Å². The monoisotopic (exact) mass is 1140 g/mol. The third-order valence-electron chi connectivity index (χ3n) is 16.5. The van der Waals surface area contributed by atoms with Gasteiger partial charge in [0, 0.05) is 38.2 Å². The second-order valence-electron chi connectivity index (χ2n) is 24.9. The minimum atomic E-state index is -0.810. The molecule has 2 heterocycles. The van der Waals surface area contributed by atoms with Gasteiger partial charge in [-0.15, -0.1) is 4.37 Å². The summed E-state index contributed by atoms with van der Waals surface area (Å²) in [5, 5.41) is 0. The largest absolute Gasteiger partial charge is 0.475 e. The Morgan fingerprint density at radius 2 is 0.925 bits per heavy atom. The van der Waals surface area contributed by atoms with Gasteiger partial charge in [-0.1, -0.05) is 259 Å². The van der Waals surface area contributed by atoms with Crippen LogP contribution in [0.2, 0.25) is 0 Å². The predicted molar refractivity (Wildman–Crippen MR) is 331 cm³/mol. The number of hydrogen-bond donors (Lipinski definition) is 0. The number of unbranched alkanes of at least 4 members (excludes halogenated alkanes) is 34. The number of hydrogen-bond acceptors (Lipinski definition) is 12. The van der Waals surface area contributed by atoms with Crippen LogP contribution < -0.4 is 4.74 Å². The first-order chi connectivity index (χ1) is 38.8. The zero-order valence-electron chi connectivity index (χ0n) is 52.8. The van der Waals surface area contributed by atoms with Gasteiger partial charge in [-0.2, -0.15) is 4.37 Å². The number of carbonyl (C=O) groups excluding carboxylic acids is 4. The van der Waals surface area contributed by atoms with Crippen molar-refractivity contribution in [3.63, 3.8) is 0 Å². The molecule has 464 valence electrons. The lowest BCUT2D eigenvalue weighted by Gasteiger charge is -2.41. The Morgan fingerprint density at radius 1 is 0.525 bits per heavy atom. The highest BCUT2D eigenvalue weighted by Gasteiger charge is 2.37. The molecule has 0 saturated heterocycles. The molecule has 0 aromatic carbocycles. The number of ether oxygens (including phenoxy) is 5. The van der Waals surface area contributed by atoms with E-state index in [9.17, 15) is 19.2 Å². The summed E-state index contributed by atoms with van der Waals surface area (Å²) in [4.78, 5) is 51.8. The second kappa shape index (κ2) is 48.3. The molecule has 1 aromatic rings. The van der Waals surface area contributed by atoms with E-state index in [0.29, 0.717) is 42.8 Å². The van der Waals surface area contributed by atoms with Gasteiger partial charge in [0.25, 0.3) is 5.88 Å². The van der Waals surface area contributed by atoms with Crippen molar-refractivity contribution >= 4 is 41.2 Å². The molecule has 80 heavy (non-hydrogen) atoms. The van der Waals surface area contributed by atoms with E-state index >= 15 is 0 Å². The summed E-state index contributed by atoms with van der Waals surface area (Å²) >= 11 is 1.19. The molecule has 0 spiro atoms. The van der Waals surface area contributed by atoms with Gasteiger partial charge >= 0.3 is 23.9 Å². The third kappa shape index (κ3) is 38.7. The average molecular weight is 1150 g/mol. The summed E-state index contributed by atoms with van der Waals surface area (Å²) in [6.07, 6.45) is 49.5. The molecule has 0 aliphatic carbocycles. The number of quaternary nitrogens is 1. The van der Waals surface area contributed by atoms with Gasteiger partial charge in [-0.3, -0.25) is 23.7 Å². The van der Waals surface area contributed by atoms with Crippen molar-refractivity contribution in [1.29, 1.82) is 0 Å². The number of likely N-dealkylation sites (N-methyl/N-ethyl adjacent to an activating group) is 1. The van der Waals surface area contributed by atoms with Crippen molar-refractivity contribution in [2.45, 2.75) is 336 Å². The Bertz CT molecular complexity index is 1690. The molecule has 13 heteroatoms. The fourth-order valence-corrected chi connectivity index (χ4v) is 11.5. The first kappa shape index (κ1) is 73.0. The Balaban J connectivity index is 1.65. The maximum atomic E-state index is 13.3. The Kier molecular flexibility index (Phi) is 44.1. The van der Waals surface area contributed by atoms with E-state index in [4.69, 9.17) is 23.7 Å². The van der Waals surface area contributed by atoms with E-state index in [-0.39, 0.29) is 55.2 Å². The summed E-state index contributed by atoms with van der Waals surface area (Å²) in [5.41, 5.74) is 1.80. The smallest absolute Gasteiger partial charge is 0.310 e. The van der Waals surface area contributed by atoms with Crippen LogP contribution in [0.1, 0.15) is 330 Å². The second-order valence-corrected chi connectivity index (χ2v) is 25.5. The molecule has 0 amide bonds. The van der Waals surface area contributed by atoms with E-state index < -0.39 is 6.10 Å². The molecule has 0 radical (unpaired) electrons. The summed E-state index contributed by atoms with van der Waals surface area (Å²) < 4.78 is 38.8. The van der Waals surface area contributed by atoms with Crippen LogP contribution in [-0.4, -0.2) is 89.4 Å². The van der Waals surface area contributed by atoms with Crippen LogP contribution in [0.25, 0.3) is 5.57 Å². The zero-order valence-corrected chi connectivity index (χ0v) is 53.6. The number of aromatic nitrogens is 2. The van der Waals surface area contributed by atoms with Crippen LogP contribution in [-0.2, 0) is 38.1 Å². The molecule has 0 saturated carbocycles. The van der Waals surface area contributed by atoms with Crippen molar-refractivity contribution in [2.75, 3.05) is 40.0 Å². The van der Waals surface area contributed by atoms with Crippen molar-refractivity contribution in [3.8, 4) is 5.88 Å². The number of carbonyl (C=O) groups is 4. The van der Waals surface area contributed by atoms with Gasteiger partial charge in [-0.05, 0) is 37.5 Å². The standard InChI is InChI=1S/C67H122N3O9S/c1-8-11-14-17-19-21-23-25-27-29-33-37-41-48-61(71)76-56-60(57-77-62(72)49-42-38-34-30-28-26-24-22-20-18-15-12-9-2)79-63(73)50-43-39-35-31-32-36-40-44-51-67(5,6)54-64(74)78-58(4)70(7)52-46-47-59(55-70)65-66(69-80-68-65)75-53-45-16-13-10-3/h47,58,60H,8-46,48-57H2,1-7H3/q+1/t58-,70?/m1/s1. The van der Waals surface area contributed by atoms with Crippen molar-refractivity contribution in [2.24, 2.45) is 5.41 Å². The van der Waals surface area contributed by atoms with E-state index in [1.54, 1.807) is 0 Å². The maximum Gasteiger partial charge on any atom is 0.310 e. The lowest BCUT2D eigenvalue weighted by atomic mass is 9.83. The van der Waals surface area contributed by atoms with Gasteiger partial charge in [0.15, 0.2) is 6.10 Å². The number of nitrogens with zero attached hydrogens (tertiary/aromatic N) is 3. The Morgan fingerprint density at radius 3 is 1.38 bits per heavy atom. The van der Waals surface area contributed by atoms with E-state index in [1.807, 2.05) is 6.92 Å². The number of esters is 4. The van der Waals surface area contributed by atoms with Crippen LogP contribution in [0.5, 0.6) is 5.88 Å². The van der Waals surface area contributed by atoms with E-state index in [1.165, 1.54) is 153 Å².